The van der Waals surface area contributed by atoms with Gasteiger partial charge in [0, 0.05) is 21.6 Å². The van der Waals surface area contributed by atoms with Crippen LogP contribution in [-0.2, 0) is 9.53 Å². The Bertz CT molecular complexity index is 643. The van der Waals surface area contributed by atoms with Crippen molar-refractivity contribution in [3.63, 3.8) is 0 Å². The van der Waals surface area contributed by atoms with Gasteiger partial charge in [-0.25, -0.2) is 4.79 Å². The van der Waals surface area contributed by atoms with E-state index in [4.69, 9.17) is 4.74 Å². The Morgan fingerprint density at radius 3 is 2.81 bits per heavy atom. The van der Waals surface area contributed by atoms with Gasteiger partial charge in [0.2, 0.25) is 0 Å². The Kier molecular flexibility index (Phi) is 4.34. The number of rotatable bonds is 3. The highest BCUT2D eigenvalue weighted by Crippen LogP contribution is 2.26. The Hall–Kier alpha value is -1.29. The standard InChI is InChI=1S/C17H20BrNO2/c1-12(17(20)21-15-5-3-2-4-6-15)19-10-9-13-11-14(18)7-8-16(13)19/h7-12,15H,2-6H2,1H3. The summed E-state index contributed by atoms with van der Waals surface area (Å²) in [5, 5.41) is 1.13. The van der Waals surface area contributed by atoms with Crippen LogP contribution in [0.3, 0.4) is 0 Å². The van der Waals surface area contributed by atoms with E-state index in [1.54, 1.807) is 0 Å². The van der Waals surface area contributed by atoms with Crippen molar-refractivity contribution in [2.24, 2.45) is 0 Å². The summed E-state index contributed by atoms with van der Waals surface area (Å²) in [6.07, 6.45) is 7.71. The summed E-state index contributed by atoms with van der Waals surface area (Å²) in [6, 6.07) is 7.84. The van der Waals surface area contributed by atoms with Crippen LogP contribution < -0.4 is 0 Å². The van der Waals surface area contributed by atoms with E-state index in [0.29, 0.717) is 0 Å². The van der Waals surface area contributed by atoms with Crippen LogP contribution in [0, 0.1) is 0 Å². The van der Waals surface area contributed by atoms with Crippen LogP contribution >= 0.6 is 15.9 Å². The van der Waals surface area contributed by atoms with Crippen molar-refractivity contribution in [3.8, 4) is 0 Å². The van der Waals surface area contributed by atoms with E-state index in [1.807, 2.05) is 35.9 Å². The molecule has 112 valence electrons. The molecule has 1 aliphatic rings. The molecule has 0 spiro atoms. The summed E-state index contributed by atoms with van der Waals surface area (Å²) in [4.78, 5) is 12.4. The third-order valence-corrected chi connectivity index (χ3v) is 4.77. The second kappa shape index (κ2) is 6.22. The maximum Gasteiger partial charge on any atom is 0.329 e. The molecule has 3 nitrogen and oxygen atoms in total. The number of halogens is 1. The van der Waals surface area contributed by atoms with Crippen molar-refractivity contribution in [2.45, 2.75) is 51.2 Å². The van der Waals surface area contributed by atoms with Crippen LogP contribution in [0.1, 0.15) is 45.1 Å². The first-order chi connectivity index (χ1) is 10.1. The molecule has 1 aromatic carbocycles. The Balaban J connectivity index is 1.76. The van der Waals surface area contributed by atoms with E-state index in [2.05, 4.69) is 22.0 Å². The van der Waals surface area contributed by atoms with Crippen LogP contribution in [-0.4, -0.2) is 16.6 Å². The van der Waals surface area contributed by atoms with Gasteiger partial charge in [-0.2, -0.15) is 0 Å². The van der Waals surface area contributed by atoms with Crippen molar-refractivity contribution in [1.29, 1.82) is 0 Å². The molecule has 0 N–H and O–H groups in total. The fraction of sp³-hybridized carbons (Fsp3) is 0.471. The van der Waals surface area contributed by atoms with Crippen LogP contribution in [0.5, 0.6) is 0 Å². The average Bonchev–Trinajstić information content (AvgIpc) is 2.90. The topological polar surface area (TPSA) is 31.2 Å². The summed E-state index contributed by atoms with van der Waals surface area (Å²) in [5.41, 5.74) is 1.06. The summed E-state index contributed by atoms with van der Waals surface area (Å²) in [7, 11) is 0. The molecule has 0 bridgehead atoms. The highest BCUT2D eigenvalue weighted by Gasteiger charge is 2.23. The number of ether oxygens (including phenoxy) is 1. The van der Waals surface area contributed by atoms with Crippen LogP contribution in [0.15, 0.2) is 34.9 Å². The van der Waals surface area contributed by atoms with Gasteiger partial charge in [0.1, 0.15) is 12.1 Å². The zero-order valence-corrected chi connectivity index (χ0v) is 13.8. The number of hydrogen-bond acceptors (Lipinski definition) is 2. The molecule has 1 saturated carbocycles. The first-order valence-corrected chi connectivity index (χ1v) is 8.41. The SMILES string of the molecule is CC(C(=O)OC1CCCCC1)n1ccc2cc(Br)ccc21. The fourth-order valence-corrected chi connectivity index (χ4v) is 3.41. The lowest BCUT2D eigenvalue weighted by atomic mass is 9.98. The molecule has 4 heteroatoms. The molecule has 1 fully saturated rings. The van der Waals surface area contributed by atoms with Gasteiger partial charge in [-0.15, -0.1) is 0 Å². The molecular weight excluding hydrogens is 330 g/mol. The average molecular weight is 350 g/mol. The summed E-state index contributed by atoms with van der Waals surface area (Å²) in [5.74, 6) is -0.123. The van der Waals surface area contributed by atoms with Gasteiger partial charge in [0.25, 0.3) is 0 Å². The van der Waals surface area contributed by atoms with E-state index in [9.17, 15) is 4.79 Å². The molecule has 21 heavy (non-hydrogen) atoms. The fourth-order valence-electron chi connectivity index (χ4n) is 3.03. The van der Waals surface area contributed by atoms with Gasteiger partial charge < -0.3 is 9.30 Å². The van der Waals surface area contributed by atoms with Crippen molar-refractivity contribution in [2.75, 3.05) is 0 Å². The lowest BCUT2D eigenvalue weighted by Crippen LogP contribution is -2.26. The largest absolute Gasteiger partial charge is 0.461 e. The summed E-state index contributed by atoms with van der Waals surface area (Å²) < 4.78 is 8.72. The molecule has 1 unspecified atom stereocenters. The van der Waals surface area contributed by atoms with Crippen molar-refractivity contribution in [1.82, 2.24) is 4.57 Å². The third kappa shape index (κ3) is 3.15. The molecule has 0 amide bonds. The van der Waals surface area contributed by atoms with Crippen molar-refractivity contribution in [3.05, 3.63) is 34.9 Å². The molecule has 0 saturated heterocycles. The zero-order chi connectivity index (χ0) is 14.8. The van der Waals surface area contributed by atoms with E-state index >= 15 is 0 Å². The van der Waals surface area contributed by atoms with Gasteiger partial charge in [0.15, 0.2) is 0 Å². The zero-order valence-electron chi connectivity index (χ0n) is 12.2. The number of nitrogens with zero attached hydrogens (tertiary/aromatic N) is 1. The highest BCUT2D eigenvalue weighted by atomic mass is 79.9. The number of carbonyl (C=O) groups is 1. The predicted molar refractivity (Wildman–Crippen MR) is 87.3 cm³/mol. The second-order valence-corrected chi connectivity index (χ2v) is 6.71. The Morgan fingerprint density at radius 1 is 1.29 bits per heavy atom. The molecule has 3 rings (SSSR count). The predicted octanol–water partition coefficient (Wildman–Crippen LogP) is 4.84. The van der Waals surface area contributed by atoms with E-state index < -0.39 is 0 Å². The first-order valence-electron chi connectivity index (χ1n) is 7.62. The number of carbonyl (C=O) groups excluding carboxylic acids is 1. The third-order valence-electron chi connectivity index (χ3n) is 4.28. The van der Waals surface area contributed by atoms with Crippen LogP contribution in [0.25, 0.3) is 10.9 Å². The maximum atomic E-state index is 12.4. The van der Waals surface area contributed by atoms with Gasteiger partial charge in [-0.1, -0.05) is 22.4 Å². The quantitative estimate of drug-likeness (QED) is 0.742. The van der Waals surface area contributed by atoms with Crippen molar-refractivity contribution >= 4 is 32.8 Å². The summed E-state index contributed by atoms with van der Waals surface area (Å²) >= 11 is 3.47. The second-order valence-electron chi connectivity index (χ2n) is 5.80. The molecule has 1 atom stereocenters. The van der Waals surface area contributed by atoms with Crippen molar-refractivity contribution < 1.29 is 9.53 Å². The normalized spacial score (nSPS) is 17.8. The maximum absolute atomic E-state index is 12.4. The molecule has 2 aromatic rings. The molecule has 1 aliphatic carbocycles. The number of benzene rings is 1. The first kappa shape index (κ1) is 14.6. The number of hydrogen-bond donors (Lipinski definition) is 0. The molecule has 1 aromatic heterocycles. The molecule has 0 aliphatic heterocycles. The van der Waals surface area contributed by atoms with Crippen LogP contribution in [0.2, 0.25) is 0 Å². The van der Waals surface area contributed by atoms with Gasteiger partial charge >= 0.3 is 5.97 Å². The molecule has 1 heterocycles. The van der Waals surface area contributed by atoms with Gasteiger partial charge in [-0.05, 0) is 56.9 Å². The Labute approximate surface area is 133 Å². The number of aromatic nitrogens is 1. The van der Waals surface area contributed by atoms with E-state index in [0.717, 1.165) is 28.2 Å². The smallest absolute Gasteiger partial charge is 0.329 e. The lowest BCUT2D eigenvalue weighted by Gasteiger charge is -2.24. The molecular formula is C17H20BrNO2. The lowest BCUT2D eigenvalue weighted by molar-refractivity contribution is -0.153. The monoisotopic (exact) mass is 349 g/mol. The minimum Gasteiger partial charge on any atom is -0.461 e. The summed E-state index contributed by atoms with van der Waals surface area (Å²) in [6.45, 7) is 1.91. The Morgan fingerprint density at radius 2 is 2.05 bits per heavy atom. The highest BCUT2D eigenvalue weighted by molar-refractivity contribution is 9.10. The number of fused-ring (bicyclic) bond motifs is 1. The molecule has 0 radical (unpaired) electrons. The van der Waals surface area contributed by atoms with E-state index in [1.165, 1.54) is 19.3 Å². The van der Waals surface area contributed by atoms with Gasteiger partial charge in [0.05, 0.1) is 0 Å². The number of esters is 1. The van der Waals surface area contributed by atoms with E-state index in [-0.39, 0.29) is 18.1 Å². The van der Waals surface area contributed by atoms with Gasteiger partial charge in [-0.3, -0.25) is 0 Å². The van der Waals surface area contributed by atoms with Crippen LogP contribution in [0.4, 0.5) is 0 Å². The minimum absolute atomic E-state index is 0.115. The minimum atomic E-state index is -0.286.